The number of nitrogens with zero attached hydrogens (tertiary/aromatic N) is 1. The van der Waals surface area contributed by atoms with Crippen LogP contribution in [-0.4, -0.2) is 10.2 Å². The van der Waals surface area contributed by atoms with Crippen LogP contribution in [0, 0.1) is 0 Å². The molecule has 0 amide bonds. The topological polar surface area (TPSA) is 28.7 Å². The van der Waals surface area contributed by atoms with E-state index in [1.54, 1.807) is 6.20 Å². The van der Waals surface area contributed by atoms with Gasteiger partial charge in [0.2, 0.25) is 0 Å². The van der Waals surface area contributed by atoms with Gasteiger partial charge in [-0.2, -0.15) is 5.10 Å². The van der Waals surface area contributed by atoms with E-state index in [1.165, 1.54) is 0 Å². The summed E-state index contributed by atoms with van der Waals surface area (Å²) >= 11 is 6.04. The Hall–Kier alpha value is -1.54. The number of nitrogens with one attached hydrogen (secondary N) is 1. The quantitative estimate of drug-likeness (QED) is 0.800. The molecular weight excluding hydrogens is 196 g/mol. The Bertz CT molecular complexity index is 446. The molecule has 0 aliphatic heterocycles. The molecule has 1 aromatic carbocycles. The van der Waals surface area contributed by atoms with Gasteiger partial charge in [-0.25, -0.2) is 0 Å². The Balaban J connectivity index is 2.42. The average Bonchev–Trinajstić information content (AvgIpc) is 2.70. The minimum Gasteiger partial charge on any atom is -0.278 e. The van der Waals surface area contributed by atoms with Gasteiger partial charge in [-0.05, 0) is 12.1 Å². The number of benzene rings is 1. The molecule has 1 N–H and O–H groups in total. The molecule has 0 bridgehead atoms. The minimum absolute atomic E-state index is 0.701. The zero-order valence-electron chi connectivity index (χ0n) is 7.50. The molecule has 0 unspecified atom stereocenters. The molecule has 2 rings (SSSR count). The number of halogens is 1. The van der Waals surface area contributed by atoms with E-state index in [0.717, 1.165) is 16.8 Å². The van der Waals surface area contributed by atoms with Gasteiger partial charge in [-0.15, -0.1) is 0 Å². The third-order valence-corrected chi connectivity index (χ3v) is 2.35. The second-order valence-electron chi connectivity index (χ2n) is 2.93. The average molecular weight is 205 g/mol. The van der Waals surface area contributed by atoms with E-state index in [0.29, 0.717) is 5.02 Å². The predicted molar refractivity (Wildman–Crippen MR) is 58.2 cm³/mol. The van der Waals surface area contributed by atoms with E-state index < -0.39 is 0 Å². The summed E-state index contributed by atoms with van der Waals surface area (Å²) in [6.07, 6.45) is 1.69. The zero-order chi connectivity index (χ0) is 9.97. The van der Waals surface area contributed by atoms with Crippen molar-refractivity contribution in [1.29, 1.82) is 0 Å². The van der Waals surface area contributed by atoms with E-state index in [4.69, 9.17) is 11.6 Å². The molecule has 2 aromatic rings. The highest BCUT2D eigenvalue weighted by atomic mass is 35.5. The van der Waals surface area contributed by atoms with Crippen molar-refractivity contribution >= 4 is 17.2 Å². The van der Waals surface area contributed by atoms with Crippen molar-refractivity contribution in [3.63, 3.8) is 0 Å². The second-order valence-corrected chi connectivity index (χ2v) is 3.34. The molecule has 0 aliphatic rings. The number of aromatic amines is 1. The van der Waals surface area contributed by atoms with Gasteiger partial charge in [-0.3, -0.25) is 5.10 Å². The Labute approximate surface area is 87.2 Å². The van der Waals surface area contributed by atoms with Crippen LogP contribution in [0.3, 0.4) is 0 Å². The summed E-state index contributed by atoms with van der Waals surface area (Å²) in [6, 6.07) is 9.48. The van der Waals surface area contributed by atoms with Crippen LogP contribution in [-0.2, 0) is 0 Å². The number of hydrogen-bond acceptors (Lipinski definition) is 1. The van der Waals surface area contributed by atoms with Gasteiger partial charge in [0.15, 0.2) is 0 Å². The lowest BCUT2D eigenvalue weighted by Crippen LogP contribution is -1.87. The fraction of sp³-hybridized carbons (Fsp3) is 0. The third kappa shape index (κ3) is 1.56. The van der Waals surface area contributed by atoms with Crippen molar-refractivity contribution in [3.05, 3.63) is 59.4 Å². The van der Waals surface area contributed by atoms with Crippen LogP contribution in [0.15, 0.2) is 43.1 Å². The second kappa shape index (κ2) is 3.68. The highest BCUT2D eigenvalue weighted by Crippen LogP contribution is 2.26. The smallest absolute Gasteiger partial charge is 0.0650 e. The van der Waals surface area contributed by atoms with Crippen LogP contribution in [0.2, 0.25) is 5.02 Å². The molecule has 0 radical (unpaired) electrons. The van der Waals surface area contributed by atoms with Crippen LogP contribution in [0.1, 0.15) is 11.3 Å². The van der Waals surface area contributed by atoms with Crippen molar-refractivity contribution in [2.75, 3.05) is 0 Å². The number of aromatic nitrogens is 2. The minimum atomic E-state index is 0.701. The largest absolute Gasteiger partial charge is 0.278 e. The van der Waals surface area contributed by atoms with Crippen LogP contribution >= 0.6 is 11.6 Å². The van der Waals surface area contributed by atoms with Gasteiger partial charge in [0, 0.05) is 22.4 Å². The molecule has 0 saturated heterocycles. The summed E-state index contributed by atoms with van der Waals surface area (Å²) in [7, 11) is 0. The summed E-state index contributed by atoms with van der Waals surface area (Å²) in [6.45, 7) is 3.97. The molecule has 0 aliphatic carbocycles. The number of rotatable bonds is 2. The van der Waals surface area contributed by atoms with Crippen molar-refractivity contribution < 1.29 is 0 Å². The molecule has 14 heavy (non-hydrogen) atoms. The van der Waals surface area contributed by atoms with Crippen molar-refractivity contribution in [3.8, 4) is 0 Å². The fourth-order valence-corrected chi connectivity index (χ4v) is 1.52. The lowest BCUT2D eigenvalue weighted by molar-refractivity contribution is 1.07. The molecule has 1 aromatic heterocycles. The summed E-state index contributed by atoms with van der Waals surface area (Å²) in [5.41, 5.74) is 2.67. The van der Waals surface area contributed by atoms with Crippen molar-refractivity contribution in [2.45, 2.75) is 0 Å². The van der Waals surface area contributed by atoms with Gasteiger partial charge >= 0.3 is 0 Å². The van der Waals surface area contributed by atoms with Gasteiger partial charge in [-0.1, -0.05) is 36.4 Å². The normalized spacial score (nSPS) is 10.1. The first-order valence-corrected chi connectivity index (χ1v) is 4.60. The summed E-state index contributed by atoms with van der Waals surface area (Å²) in [4.78, 5) is 0. The van der Waals surface area contributed by atoms with E-state index in [9.17, 15) is 0 Å². The molecule has 0 fully saturated rings. The van der Waals surface area contributed by atoms with Gasteiger partial charge in [0.25, 0.3) is 0 Å². The molecule has 1 heterocycles. The van der Waals surface area contributed by atoms with E-state index >= 15 is 0 Å². The molecule has 2 nitrogen and oxygen atoms in total. The summed E-state index contributed by atoms with van der Waals surface area (Å²) in [5.74, 6) is 0. The van der Waals surface area contributed by atoms with Crippen LogP contribution in [0.5, 0.6) is 0 Å². The highest BCUT2D eigenvalue weighted by molar-refractivity contribution is 6.32. The Morgan fingerprint density at radius 3 is 2.71 bits per heavy atom. The maximum absolute atomic E-state index is 6.04. The highest BCUT2D eigenvalue weighted by Gasteiger charge is 2.06. The third-order valence-electron chi connectivity index (χ3n) is 2.02. The number of hydrogen-bond donors (Lipinski definition) is 1. The predicted octanol–water partition coefficient (Wildman–Crippen LogP) is 3.12. The van der Waals surface area contributed by atoms with E-state index in [1.807, 2.05) is 30.3 Å². The van der Waals surface area contributed by atoms with Crippen LogP contribution < -0.4 is 0 Å². The fourth-order valence-electron chi connectivity index (χ4n) is 1.27. The lowest BCUT2D eigenvalue weighted by Gasteiger charge is -2.04. The lowest BCUT2D eigenvalue weighted by atomic mass is 10.1. The first-order valence-electron chi connectivity index (χ1n) is 4.22. The first kappa shape index (κ1) is 9.03. The van der Waals surface area contributed by atoms with Gasteiger partial charge in [0.1, 0.15) is 0 Å². The summed E-state index contributed by atoms with van der Waals surface area (Å²) in [5, 5.41) is 7.42. The molecule has 70 valence electrons. The molecule has 0 saturated carbocycles. The van der Waals surface area contributed by atoms with Crippen LogP contribution in [0.25, 0.3) is 5.57 Å². The maximum atomic E-state index is 6.04. The Kier molecular flexibility index (Phi) is 2.37. The monoisotopic (exact) mass is 204 g/mol. The number of H-pyrrole nitrogens is 1. The maximum Gasteiger partial charge on any atom is 0.0650 e. The van der Waals surface area contributed by atoms with Crippen molar-refractivity contribution in [2.24, 2.45) is 0 Å². The molecule has 0 spiro atoms. The Morgan fingerprint density at radius 2 is 2.07 bits per heavy atom. The van der Waals surface area contributed by atoms with Gasteiger partial charge in [0.05, 0.1) is 5.69 Å². The molecular formula is C11H9ClN2. The molecule has 0 atom stereocenters. The standard InChI is InChI=1S/C11H9ClN2/c1-8(11-6-7-13-14-11)9-4-2-3-5-10(9)12/h2-7H,1H2,(H,13,14). The zero-order valence-corrected chi connectivity index (χ0v) is 8.25. The van der Waals surface area contributed by atoms with E-state index in [2.05, 4.69) is 16.8 Å². The SMILES string of the molecule is C=C(c1ccn[nH]1)c1ccccc1Cl. The van der Waals surface area contributed by atoms with Crippen molar-refractivity contribution in [1.82, 2.24) is 10.2 Å². The van der Waals surface area contributed by atoms with E-state index in [-0.39, 0.29) is 0 Å². The first-order chi connectivity index (χ1) is 6.79. The van der Waals surface area contributed by atoms with Crippen LogP contribution in [0.4, 0.5) is 0 Å². The Morgan fingerprint density at radius 1 is 1.29 bits per heavy atom. The van der Waals surface area contributed by atoms with Gasteiger partial charge < -0.3 is 0 Å². The summed E-state index contributed by atoms with van der Waals surface area (Å²) < 4.78 is 0. The molecule has 3 heteroatoms.